The topological polar surface area (TPSA) is 0 Å². The third-order valence-electron chi connectivity index (χ3n) is 11.5. The van der Waals surface area contributed by atoms with E-state index in [1.807, 2.05) is 0 Å². The van der Waals surface area contributed by atoms with Crippen LogP contribution in [0.3, 0.4) is 0 Å². The van der Waals surface area contributed by atoms with Crippen LogP contribution in [0, 0.1) is 0 Å². The Bertz CT molecular complexity index is 2510. The molecular weight excluding hydrogens is 589 g/mol. The Morgan fingerprint density at radius 2 is 0.816 bits per heavy atom. The lowest BCUT2D eigenvalue weighted by molar-refractivity contribution is 0.443. The molecule has 0 bridgehead atoms. The molecule has 0 aromatic heterocycles. The van der Waals surface area contributed by atoms with E-state index in [0.29, 0.717) is 0 Å². The van der Waals surface area contributed by atoms with Crippen LogP contribution in [-0.2, 0) is 6.42 Å². The zero-order valence-electron chi connectivity index (χ0n) is 27.8. The molecule has 0 saturated heterocycles. The average molecular weight is 627 g/mol. The van der Waals surface area contributed by atoms with Crippen LogP contribution in [0.25, 0.3) is 76.8 Å². The minimum Gasteiger partial charge on any atom is -0.0616 e. The fourth-order valence-corrected chi connectivity index (χ4v) is 9.10. The van der Waals surface area contributed by atoms with E-state index in [0.717, 1.165) is 12.3 Å². The van der Waals surface area contributed by atoms with Gasteiger partial charge in [0.05, 0.1) is 0 Å². The van der Waals surface area contributed by atoms with Crippen molar-refractivity contribution in [3.8, 4) is 44.5 Å². The molecular formula is C49H38. The van der Waals surface area contributed by atoms with Gasteiger partial charge in [-0.05, 0) is 131 Å². The van der Waals surface area contributed by atoms with E-state index in [1.54, 1.807) is 0 Å². The van der Waals surface area contributed by atoms with Gasteiger partial charge in [-0.15, -0.1) is 0 Å². The van der Waals surface area contributed by atoms with Gasteiger partial charge in [0.1, 0.15) is 0 Å². The lowest BCUT2D eigenvalue weighted by Gasteiger charge is -2.22. The number of hydrogen-bond donors (Lipinski definition) is 0. The molecule has 8 aromatic carbocycles. The van der Waals surface area contributed by atoms with Crippen LogP contribution in [0.2, 0.25) is 0 Å². The van der Waals surface area contributed by atoms with Crippen molar-refractivity contribution >= 4 is 32.3 Å². The van der Waals surface area contributed by atoms with E-state index in [9.17, 15) is 0 Å². The predicted molar refractivity (Wildman–Crippen MR) is 209 cm³/mol. The average Bonchev–Trinajstić information content (AvgIpc) is 3.58. The summed E-state index contributed by atoms with van der Waals surface area (Å²) in [6, 6.07) is 57.2. The summed E-state index contributed by atoms with van der Waals surface area (Å²) in [6.45, 7) is 0. The second kappa shape index (κ2) is 11.6. The van der Waals surface area contributed by atoms with E-state index in [-0.39, 0.29) is 0 Å². The van der Waals surface area contributed by atoms with Crippen molar-refractivity contribution in [2.24, 2.45) is 0 Å². The van der Waals surface area contributed by atoms with Crippen LogP contribution in [0.5, 0.6) is 0 Å². The SMILES string of the molecule is c1cc(-c2ccc3c4ccccc4c4ccccc4c3c2)cc(-c2cccc3c2Cc2c(-c4ccc(C5CCCCC5)cc4)cccc2-3)c1. The Morgan fingerprint density at radius 3 is 1.47 bits per heavy atom. The van der Waals surface area contributed by atoms with Crippen molar-refractivity contribution in [2.75, 3.05) is 0 Å². The zero-order valence-corrected chi connectivity index (χ0v) is 27.8. The van der Waals surface area contributed by atoms with Gasteiger partial charge in [0.2, 0.25) is 0 Å². The Labute approximate surface area is 288 Å². The summed E-state index contributed by atoms with van der Waals surface area (Å²) < 4.78 is 0. The highest BCUT2D eigenvalue weighted by Crippen LogP contribution is 2.46. The molecule has 1 saturated carbocycles. The summed E-state index contributed by atoms with van der Waals surface area (Å²) in [7, 11) is 0. The first kappa shape index (κ1) is 28.5. The minimum absolute atomic E-state index is 0.737. The second-order valence-electron chi connectivity index (χ2n) is 14.2. The first-order chi connectivity index (χ1) is 24.3. The molecule has 0 aliphatic heterocycles. The summed E-state index contributed by atoms with van der Waals surface area (Å²) in [5, 5.41) is 7.89. The third kappa shape index (κ3) is 4.73. The molecule has 49 heavy (non-hydrogen) atoms. The standard InChI is InChI=1S/C49H38/c1-2-11-32(12-3-1)33-23-25-34(26-24-33)38-19-9-21-44-45-22-10-20-39(49(45)31-48(38)44)37-14-8-13-35(29-37)36-27-28-46-42-17-5-4-15-40(42)41-16-6-7-18-43(41)47(46)30-36/h4-10,13-30,32H,1-3,11-12,31H2. The van der Waals surface area contributed by atoms with Crippen LogP contribution < -0.4 is 0 Å². The maximum Gasteiger partial charge on any atom is -0.000112 e. The quantitative estimate of drug-likeness (QED) is 0.171. The van der Waals surface area contributed by atoms with Gasteiger partial charge in [-0.25, -0.2) is 0 Å². The molecule has 0 unspecified atom stereocenters. The molecule has 2 aliphatic rings. The van der Waals surface area contributed by atoms with Crippen LogP contribution in [0.1, 0.15) is 54.7 Å². The smallest absolute Gasteiger partial charge is 0.000112 e. The Kier molecular flexibility index (Phi) is 6.76. The van der Waals surface area contributed by atoms with Gasteiger partial charge < -0.3 is 0 Å². The molecule has 0 radical (unpaired) electrons. The summed E-state index contributed by atoms with van der Waals surface area (Å²) in [4.78, 5) is 0. The largest absolute Gasteiger partial charge is 0.0616 e. The zero-order chi connectivity index (χ0) is 32.3. The van der Waals surface area contributed by atoms with Crippen LogP contribution in [0.4, 0.5) is 0 Å². The number of benzene rings is 8. The summed E-state index contributed by atoms with van der Waals surface area (Å²) >= 11 is 0. The monoisotopic (exact) mass is 626 g/mol. The summed E-state index contributed by atoms with van der Waals surface area (Å²) in [5.41, 5.74) is 15.0. The van der Waals surface area contributed by atoms with Crippen LogP contribution >= 0.6 is 0 Å². The van der Waals surface area contributed by atoms with E-state index < -0.39 is 0 Å². The Morgan fingerprint density at radius 1 is 0.327 bits per heavy atom. The Hall–Kier alpha value is -5.46. The summed E-state index contributed by atoms with van der Waals surface area (Å²) in [5.74, 6) is 0.737. The van der Waals surface area contributed by atoms with E-state index in [2.05, 4.69) is 152 Å². The highest BCUT2D eigenvalue weighted by atomic mass is 14.3. The molecule has 0 amide bonds. The van der Waals surface area contributed by atoms with Crippen molar-refractivity contribution in [3.05, 3.63) is 168 Å². The van der Waals surface area contributed by atoms with Crippen molar-refractivity contribution in [1.29, 1.82) is 0 Å². The van der Waals surface area contributed by atoms with Crippen molar-refractivity contribution in [2.45, 2.75) is 44.4 Å². The number of hydrogen-bond acceptors (Lipinski definition) is 0. The molecule has 0 heterocycles. The molecule has 0 heteroatoms. The fraction of sp³-hybridized carbons (Fsp3) is 0.143. The summed E-state index contributed by atoms with van der Waals surface area (Å²) in [6.07, 6.45) is 7.79. The fourth-order valence-electron chi connectivity index (χ4n) is 9.10. The molecule has 0 nitrogen and oxygen atoms in total. The minimum atomic E-state index is 0.737. The Balaban J connectivity index is 1.03. The molecule has 0 N–H and O–H groups in total. The van der Waals surface area contributed by atoms with Gasteiger partial charge in [-0.2, -0.15) is 0 Å². The second-order valence-corrected chi connectivity index (χ2v) is 14.2. The lowest BCUT2D eigenvalue weighted by Crippen LogP contribution is -2.04. The molecule has 8 aromatic rings. The van der Waals surface area contributed by atoms with Crippen molar-refractivity contribution in [3.63, 3.8) is 0 Å². The van der Waals surface area contributed by atoms with Gasteiger partial charge in [-0.3, -0.25) is 0 Å². The lowest BCUT2D eigenvalue weighted by atomic mass is 9.83. The van der Waals surface area contributed by atoms with E-state index in [4.69, 9.17) is 0 Å². The van der Waals surface area contributed by atoms with E-state index >= 15 is 0 Å². The van der Waals surface area contributed by atoms with E-state index in [1.165, 1.54) is 126 Å². The first-order valence-corrected chi connectivity index (χ1v) is 18.1. The van der Waals surface area contributed by atoms with Crippen molar-refractivity contribution < 1.29 is 0 Å². The molecule has 1 fully saturated rings. The first-order valence-electron chi connectivity index (χ1n) is 18.1. The molecule has 0 atom stereocenters. The maximum absolute atomic E-state index is 2.40. The van der Waals surface area contributed by atoms with Gasteiger partial charge in [0.25, 0.3) is 0 Å². The van der Waals surface area contributed by atoms with Gasteiger partial charge in [0, 0.05) is 0 Å². The maximum atomic E-state index is 2.40. The molecule has 10 rings (SSSR count). The number of fused-ring (bicyclic) bond motifs is 9. The van der Waals surface area contributed by atoms with Crippen molar-refractivity contribution in [1.82, 2.24) is 0 Å². The van der Waals surface area contributed by atoms with Gasteiger partial charge in [-0.1, -0.05) is 159 Å². The normalized spacial score (nSPS) is 14.4. The van der Waals surface area contributed by atoms with Gasteiger partial charge >= 0.3 is 0 Å². The predicted octanol–water partition coefficient (Wildman–Crippen LogP) is 13.8. The highest BCUT2D eigenvalue weighted by Gasteiger charge is 2.25. The molecule has 0 spiro atoms. The molecule has 234 valence electrons. The molecule has 2 aliphatic carbocycles. The van der Waals surface area contributed by atoms with Crippen LogP contribution in [0.15, 0.2) is 152 Å². The van der Waals surface area contributed by atoms with Gasteiger partial charge in [0.15, 0.2) is 0 Å². The number of rotatable bonds is 4. The highest BCUT2D eigenvalue weighted by molar-refractivity contribution is 6.25. The third-order valence-corrected chi connectivity index (χ3v) is 11.5. The van der Waals surface area contributed by atoms with Crippen LogP contribution in [-0.4, -0.2) is 0 Å².